The highest BCUT2D eigenvalue weighted by Gasteiger charge is 2.56. The normalized spacial score (nSPS) is 15.5. The van der Waals surface area contributed by atoms with E-state index in [2.05, 4.69) is 177 Å². The van der Waals surface area contributed by atoms with Crippen LogP contribution in [0.5, 0.6) is 0 Å². The van der Waals surface area contributed by atoms with E-state index in [0.717, 1.165) is 25.3 Å². The number of carbonyl (C=O) groups excluding carboxylic acids is 1. The van der Waals surface area contributed by atoms with Crippen molar-refractivity contribution in [2.24, 2.45) is 0 Å². The maximum Gasteiger partial charge on any atom is 0.333 e. The average Bonchev–Trinajstić information content (AvgIpc) is 0.805. The van der Waals surface area contributed by atoms with Crippen molar-refractivity contribution in [1.82, 2.24) is 0 Å². The molecule has 0 aromatic heterocycles. The summed E-state index contributed by atoms with van der Waals surface area (Å²) in [5.74, 6) is -0.297. The summed E-state index contributed by atoms with van der Waals surface area (Å²) in [6, 6.07) is 1.10. The highest BCUT2D eigenvalue weighted by atomic mass is 28.6. The van der Waals surface area contributed by atoms with Gasteiger partial charge < -0.3 is 100 Å². The highest BCUT2D eigenvalue weighted by molar-refractivity contribution is 6.97. The van der Waals surface area contributed by atoms with Gasteiger partial charge in [0.2, 0.25) is 0 Å². The molecule has 0 heterocycles. The molecule has 109 heavy (non-hydrogen) atoms. The third kappa shape index (κ3) is 55.1. The summed E-state index contributed by atoms with van der Waals surface area (Å²) in [6.45, 7) is 100. The molecule has 0 aliphatic carbocycles. The summed E-state index contributed by atoms with van der Waals surface area (Å²) in [5, 5.41) is 0. The second-order valence-electron chi connectivity index (χ2n) is 39.7. The minimum Gasteiger partial charge on any atom is -0.462 e. The van der Waals surface area contributed by atoms with E-state index in [1.165, 1.54) is 38.5 Å². The SMILES string of the molecule is C=C(C)C(=O)OCCCCCCCCCCC[Si](C)(C)O[Si](C)(C)O[Si](C)(C)O[Si](C)(C)O[Si](C)(C)O[Si](C)(C)O[Si](C)(C)O[Si](C)(C)O[Si](C)(C)O[Si](C)(C)O[Si](C)(C)O[Si](C)(C)O[Si](C)(C)O[Si](C)(C)O[Si](C)(C)O[Si](C)(C)O[Si](C)(C)O[Si](C)(C)O[Si](C)(C)O[Si](C)(C)O[Si](C)(C)O[Si](C)(C)O[Si](C)(C)O. The lowest BCUT2D eigenvalue weighted by Gasteiger charge is -2.45. The second-order valence-corrected chi connectivity index (χ2v) is 123. The number of rotatable bonds is 57. The van der Waals surface area contributed by atoms with E-state index in [0.29, 0.717) is 12.2 Å². The van der Waals surface area contributed by atoms with Crippen LogP contribution in [0.1, 0.15) is 64.7 Å². The first-order valence-electron chi connectivity index (χ1n) is 39.4. The van der Waals surface area contributed by atoms with E-state index < -0.39 is 197 Å². The molecule has 0 bridgehead atoms. The largest absolute Gasteiger partial charge is 0.462 e. The fourth-order valence-electron chi connectivity index (χ4n) is 15.8. The molecule has 0 atom stereocenters. The first-order chi connectivity index (χ1) is 47.4. The lowest BCUT2D eigenvalue weighted by Crippen LogP contribution is -2.63. The summed E-state index contributed by atoms with van der Waals surface area (Å²) in [7, 11) is -64.4. The van der Waals surface area contributed by atoms with Gasteiger partial charge in [0.1, 0.15) is 0 Å². The third-order valence-electron chi connectivity index (χ3n) is 14.4. The third-order valence-corrected chi connectivity index (χ3v) is 103. The van der Waals surface area contributed by atoms with E-state index in [1.807, 2.05) is 118 Å². The van der Waals surface area contributed by atoms with Crippen LogP contribution < -0.4 is 0 Å². The molecule has 0 rings (SSSR count). The van der Waals surface area contributed by atoms with Gasteiger partial charge in [-0.25, -0.2) is 4.79 Å². The predicted molar refractivity (Wildman–Crippen MR) is 500 cm³/mol. The van der Waals surface area contributed by atoms with E-state index >= 15 is 0 Å². The number of carbonyl (C=O) groups is 1. The zero-order valence-electron chi connectivity index (χ0n) is 78.2. The first kappa shape index (κ1) is 112. The van der Waals surface area contributed by atoms with Gasteiger partial charge >= 0.3 is 194 Å². The van der Waals surface area contributed by atoms with Crippen molar-refractivity contribution in [3.63, 3.8) is 0 Å². The number of esters is 1. The van der Waals surface area contributed by atoms with E-state index in [-0.39, 0.29) is 5.97 Å². The molecule has 0 unspecified atom stereocenters. The van der Waals surface area contributed by atoms with Gasteiger partial charge in [-0.05, 0) is 321 Å². The van der Waals surface area contributed by atoms with Crippen molar-refractivity contribution in [3.05, 3.63) is 12.2 Å². The molecule has 0 spiro atoms. The molecular formula is C61H166O25Si23. The van der Waals surface area contributed by atoms with E-state index in [1.54, 1.807) is 20.0 Å². The Morgan fingerprint density at radius 2 is 0.339 bits per heavy atom. The summed E-state index contributed by atoms with van der Waals surface area (Å²) in [6.07, 6.45) is 10.5. The van der Waals surface area contributed by atoms with Gasteiger partial charge in [-0.1, -0.05) is 57.9 Å². The topological polar surface area (TPSA) is 250 Å². The molecule has 48 heteroatoms. The summed E-state index contributed by atoms with van der Waals surface area (Å²) >= 11 is 0. The molecule has 0 aromatic carbocycles. The molecule has 25 nitrogen and oxygen atoms in total. The molecular weight excluding hydrogens is 1780 g/mol. The molecule has 0 aliphatic heterocycles. The smallest absolute Gasteiger partial charge is 0.333 e. The Hall–Kier alpha value is 3.28. The van der Waals surface area contributed by atoms with Crippen LogP contribution in [0.25, 0.3) is 0 Å². The molecule has 0 saturated carbocycles. The molecule has 0 aromatic rings. The predicted octanol–water partition coefficient (Wildman–Crippen LogP) is 20.6. The Morgan fingerprint density at radius 3 is 0.486 bits per heavy atom. The zero-order valence-corrected chi connectivity index (χ0v) is 101. The van der Waals surface area contributed by atoms with Gasteiger partial charge in [0.05, 0.1) is 6.61 Å². The van der Waals surface area contributed by atoms with Crippen LogP contribution in [-0.4, -0.2) is 214 Å². The first-order valence-corrected chi connectivity index (χ1v) is 104. The average molecular weight is 1950 g/mol. The van der Waals surface area contributed by atoms with Gasteiger partial charge in [0.25, 0.3) is 0 Å². The summed E-state index contributed by atoms with van der Waals surface area (Å²) in [5.41, 5.74) is 0.453. The molecule has 0 saturated heterocycles. The van der Waals surface area contributed by atoms with E-state index in [9.17, 15) is 9.59 Å². The molecule has 0 aliphatic rings. The molecule has 0 fully saturated rings. The van der Waals surface area contributed by atoms with Gasteiger partial charge in [-0.15, -0.1) is 0 Å². The molecule has 0 amide bonds. The van der Waals surface area contributed by atoms with Gasteiger partial charge in [0, 0.05) is 5.57 Å². The lowest BCUT2D eigenvalue weighted by molar-refractivity contribution is -0.139. The van der Waals surface area contributed by atoms with Crippen LogP contribution in [-0.2, 0) is 100 Å². The minimum absolute atomic E-state index is 0.297. The van der Waals surface area contributed by atoms with Crippen LogP contribution in [0.4, 0.5) is 0 Å². The summed E-state index contributed by atoms with van der Waals surface area (Å²) < 4.78 is 157. The second kappa shape index (κ2) is 41.2. The van der Waals surface area contributed by atoms with Crippen molar-refractivity contribution in [3.8, 4) is 0 Å². The number of ether oxygens (including phenoxy) is 1. The van der Waals surface area contributed by atoms with Crippen molar-refractivity contribution >= 4 is 203 Å². The standard InChI is InChI=1S/C61H166O25Si23/c1-60(2)61(62)64-58-56-54-52-50-49-51-53-55-57-59-87(3,4)65-89(7,8)67-91(11,12)69-93(15,16)71-95(19,20)73-97(23,24)75-99(27,28)77-101(31,32)79-103(35,36)81-105(39,40)83-107(43,44)85-109(47,48)86-108(45,46)84-106(41,42)82-104(37,38)80-102(33,34)78-100(29,30)76-98(25,26)74-96(21,22)72-94(17,18)70-92(13,14)68-90(9,10)66-88(5,6)63/h63H,1,49-59H2,2-48H3. The van der Waals surface area contributed by atoms with Crippen LogP contribution >= 0.6 is 0 Å². The van der Waals surface area contributed by atoms with Crippen LogP contribution in [0.3, 0.4) is 0 Å². The van der Waals surface area contributed by atoms with Crippen LogP contribution in [0.2, 0.25) is 307 Å². The fraction of sp³-hybridized carbons (Fsp3) is 0.951. The van der Waals surface area contributed by atoms with Gasteiger partial charge in [-0.2, -0.15) is 0 Å². The Balaban J connectivity index is 5.71. The molecule has 0 radical (unpaired) electrons. The van der Waals surface area contributed by atoms with Crippen molar-refractivity contribution in [2.75, 3.05) is 6.61 Å². The van der Waals surface area contributed by atoms with Crippen LogP contribution in [0, 0.1) is 0 Å². The monoisotopic (exact) mass is 1940 g/mol. The van der Waals surface area contributed by atoms with Gasteiger partial charge in [-0.3, -0.25) is 0 Å². The summed E-state index contributed by atoms with van der Waals surface area (Å²) in [4.78, 5) is 22.1. The van der Waals surface area contributed by atoms with Gasteiger partial charge in [0.15, 0.2) is 8.32 Å². The molecule has 1 N–H and O–H groups in total. The number of hydrogen-bond acceptors (Lipinski definition) is 25. The Morgan fingerprint density at radius 1 is 0.211 bits per heavy atom. The zero-order chi connectivity index (χ0) is 86.7. The van der Waals surface area contributed by atoms with Crippen molar-refractivity contribution in [2.45, 2.75) is 372 Å². The Bertz CT molecular complexity index is 2820. The van der Waals surface area contributed by atoms with Crippen molar-refractivity contribution < 1.29 is 105 Å². The minimum atomic E-state index is -2.91. The maximum absolute atomic E-state index is 11.6. The number of hydrogen-bond donors (Lipinski definition) is 1. The van der Waals surface area contributed by atoms with Crippen molar-refractivity contribution in [1.29, 1.82) is 0 Å². The molecule has 652 valence electrons. The highest BCUT2D eigenvalue weighted by Crippen LogP contribution is 2.37. The van der Waals surface area contributed by atoms with Crippen LogP contribution in [0.15, 0.2) is 12.2 Å². The lowest BCUT2D eigenvalue weighted by atomic mass is 10.1. The fourth-order valence-corrected chi connectivity index (χ4v) is 134. The van der Waals surface area contributed by atoms with E-state index in [4.69, 9.17) is 95.3 Å². The number of unbranched alkanes of at least 4 members (excludes halogenated alkanes) is 8. The maximum atomic E-state index is 11.6. The quantitative estimate of drug-likeness (QED) is 0.0257. The Labute approximate surface area is 692 Å². The Kier molecular flexibility index (Phi) is 42.4.